The van der Waals surface area contributed by atoms with Crippen molar-refractivity contribution in [2.24, 2.45) is 7.05 Å². The van der Waals surface area contributed by atoms with E-state index >= 15 is 0 Å². The maximum Gasteiger partial charge on any atom is 0.491 e. The van der Waals surface area contributed by atoms with Gasteiger partial charge in [-0.05, 0) is 31.0 Å². The quantitative estimate of drug-likeness (QED) is 0.419. The van der Waals surface area contributed by atoms with Crippen LogP contribution in [0.5, 0.6) is 5.88 Å². The molecule has 1 saturated heterocycles. The van der Waals surface area contributed by atoms with Gasteiger partial charge in [-0.3, -0.25) is 9.36 Å². The molecule has 0 radical (unpaired) electrons. The van der Waals surface area contributed by atoms with E-state index in [0.29, 0.717) is 11.1 Å². The summed E-state index contributed by atoms with van der Waals surface area (Å²) in [5.74, 6) is -2.74. The second-order valence-electron chi connectivity index (χ2n) is 8.49. The Morgan fingerprint density at radius 3 is 2.61 bits per heavy atom. The first-order valence-corrected chi connectivity index (χ1v) is 11.3. The summed E-state index contributed by atoms with van der Waals surface area (Å²) in [7, 11) is 1.80. The molecule has 186 valence electrons. The SMILES string of the molecule is Cn1cc(-c2cccc(-c3ncc(-c4cnn(C5CCCNC5)c4)c(OC(=O)C(F)(F)F)n3)c2)cn1. The van der Waals surface area contributed by atoms with Gasteiger partial charge in [-0.1, -0.05) is 18.2 Å². The Kier molecular flexibility index (Phi) is 6.27. The van der Waals surface area contributed by atoms with Crippen LogP contribution in [0.4, 0.5) is 13.2 Å². The highest BCUT2D eigenvalue weighted by molar-refractivity contribution is 5.81. The van der Waals surface area contributed by atoms with E-state index in [2.05, 4.69) is 25.5 Å². The Bertz CT molecular complexity index is 1390. The number of rotatable bonds is 5. The monoisotopic (exact) mass is 497 g/mol. The predicted octanol–water partition coefficient (Wildman–Crippen LogP) is 3.80. The Hall–Kier alpha value is -4.06. The van der Waals surface area contributed by atoms with Gasteiger partial charge in [0.2, 0.25) is 5.88 Å². The number of carbonyl (C=O) groups excluding carboxylic acids is 1. The molecular weight excluding hydrogens is 475 g/mol. The third kappa shape index (κ3) is 4.98. The molecule has 1 N–H and O–H groups in total. The summed E-state index contributed by atoms with van der Waals surface area (Å²) in [5.41, 5.74) is 2.79. The zero-order valence-corrected chi connectivity index (χ0v) is 19.2. The Morgan fingerprint density at radius 2 is 1.89 bits per heavy atom. The van der Waals surface area contributed by atoms with Crippen molar-refractivity contribution in [3.63, 3.8) is 0 Å². The molecule has 4 heterocycles. The fourth-order valence-corrected chi connectivity index (χ4v) is 4.07. The standard InChI is InChI=1S/C24H22F3N7O2/c1-33-13-17(9-30-33)15-4-2-5-16(8-15)21-29-12-20(22(32-21)36-23(35)24(25,26)27)18-10-31-34(14-18)19-6-3-7-28-11-19/h2,4-5,8-10,12-14,19,28H,3,6-7,11H2,1H3. The van der Waals surface area contributed by atoms with Crippen LogP contribution in [-0.2, 0) is 11.8 Å². The summed E-state index contributed by atoms with van der Waals surface area (Å²) in [5, 5.41) is 11.8. The van der Waals surface area contributed by atoms with Gasteiger partial charge in [-0.25, -0.2) is 9.78 Å². The van der Waals surface area contributed by atoms with Gasteiger partial charge in [-0.2, -0.15) is 28.4 Å². The molecular formula is C24H22F3N7O2. The number of aromatic nitrogens is 6. The average molecular weight is 497 g/mol. The van der Waals surface area contributed by atoms with Crippen molar-refractivity contribution in [1.29, 1.82) is 0 Å². The molecule has 1 fully saturated rings. The minimum atomic E-state index is -5.18. The Balaban J connectivity index is 1.52. The number of piperidine rings is 1. The van der Waals surface area contributed by atoms with Crippen molar-refractivity contribution < 1.29 is 22.7 Å². The highest BCUT2D eigenvalue weighted by Crippen LogP contribution is 2.33. The number of ether oxygens (including phenoxy) is 1. The molecule has 1 atom stereocenters. The van der Waals surface area contributed by atoms with Crippen molar-refractivity contribution in [2.75, 3.05) is 13.1 Å². The van der Waals surface area contributed by atoms with Crippen molar-refractivity contribution >= 4 is 5.97 Å². The third-order valence-electron chi connectivity index (χ3n) is 5.89. The number of halogens is 3. The molecule has 1 unspecified atom stereocenters. The van der Waals surface area contributed by atoms with Crippen LogP contribution in [0.25, 0.3) is 33.6 Å². The molecule has 1 aliphatic heterocycles. The Morgan fingerprint density at radius 1 is 1.08 bits per heavy atom. The third-order valence-corrected chi connectivity index (χ3v) is 5.89. The summed E-state index contributed by atoms with van der Waals surface area (Å²) < 4.78 is 47.2. The van der Waals surface area contributed by atoms with Crippen molar-refractivity contribution in [2.45, 2.75) is 25.1 Å². The van der Waals surface area contributed by atoms with Crippen LogP contribution in [0.3, 0.4) is 0 Å². The highest BCUT2D eigenvalue weighted by atomic mass is 19.4. The van der Waals surface area contributed by atoms with Crippen molar-refractivity contribution in [3.8, 4) is 39.5 Å². The van der Waals surface area contributed by atoms with Gasteiger partial charge >= 0.3 is 12.1 Å². The summed E-state index contributed by atoms with van der Waals surface area (Å²) >= 11 is 0. The molecule has 9 nitrogen and oxygen atoms in total. The number of benzene rings is 1. The van der Waals surface area contributed by atoms with E-state index in [0.717, 1.165) is 37.1 Å². The van der Waals surface area contributed by atoms with E-state index in [1.54, 1.807) is 47.0 Å². The lowest BCUT2D eigenvalue weighted by Gasteiger charge is -2.22. The minimum Gasteiger partial charge on any atom is -0.400 e. The normalized spacial score (nSPS) is 16.2. The average Bonchev–Trinajstić information content (AvgIpc) is 3.54. The van der Waals surface area contributed by atoms with E-state index in [1.807, 2.05) is 12.3 Å². The van der Waals surface area contributed by atoms with Crippen LogP contribution in [-0.4, -0.2) is 54.8 Å². The van der Waals surface area contributed by atoms with E-state index in [4.69, 9.17) is 4.74 Å². The van der Waals surface area contributed by atoms with Crippen LogP contribution in [0, 0.1) is 0 Å². The molecule has 3 aromatic heterocycles. The molecule has 5 rings (SSSR count). The number of hydrogen-bond acceptors (Lipinski definition) is 7. The van der Waals surface area contributed by atoms with Gasteiger partial charge in [0, 0.05) is 48.9 Å². The summed E-state index contributed by atoms with van der Waals surface area (Å²) in [6.07, 6.45) is 4.80. The lowest BCUT2D eigenvalue weighted by molar-refractivity contribution is -0.189. The van der Waals surface area contributed by atoms with Crippen molar-refractivity contribution in [3.05, 3.63) is 55.2 Å². The first-order valence-electron chi connectivity index (χ1n) is 11.3. The largest absolute Gasteiger partial charge is 0.491 e. The van der Waals surface area contributed by atoms with Crippen LogP contribution >= 0.6 is 0 Å². The molecule has 1 aliphatic rings. The molecule has 0 saturated carbocycles. The summed E-state index contributed by atoms with van der Waals surface area (Å²) in [6.45, 7) is 1.67. The molecule has 0 spiro atoms. The molecule has 36 heavy (non-hydrogen) atoms. The summed E-state index contributed by atoms with van der Waals surface area (Å²) in [6, 6.07) is 7.27. The molecule has 1 aromatic carbocycles. The van der Waals surface area contributed by atoms with Crippen LogP contribution in [0.15, 0.2) is 55.2 Å². The highest BCUT2D eigenvalue weighted by Gasteiger charge is 2.42. The number of esters is 1. The topological polar surface area (TPSA) is 99.8 Å². The molecule has 0 amide bonds. The number of aryl methyl sites for hydroxylation is 1. The molecule has 0 bridgehead atoms. The smallest absolute Gasteiger partial charge is 0.400 e. The molecule has 0 aliphatic carbocycles. The first kappa shape index (κ1) is 23.7. The lowest BCUT2D eigenvalue weighted by Crippen LogP contribution is -2.31. The maximum absolute atomic E-state index is 13.0. The van der Waals surface area contributed by atoms with Gasteiger partial charge in [0.05, 0.1) is 24.0 Å². The van der Waals surface area contributed by atoms with Crippen LogP contribution in [0.1, 0.15) is 18.9 Å². The predicted molar refractivity (Wildman–Crippen MR) is 124 cm³/mol. The zero-order chi connectivity index (χ0) is 25.3. The first-order chi connectivity index (χ1) is 17.3. The van der Waals surface area contributed by atoms with Gasteiger partial charge in [-0.15, -0.1) is 0 Å². The fraction of sp³-hybridized carbons (Fsp3) is 0.292. The number of nitrogens with zero attached hydrogens (tertiary/aromatic N) is 6. The summed E-state index contributed by atoms with van der Waals surface area (Å²) in [4.78, 5) is 20.3. The van der Waals surface area contributed by atoms with Gasteiger partial charge < -0.3 is 10.1 Å². The lowest BCUT2D eigenvalue weighted by atomic mass is 10.1. The zero-order valence-electron chi connectivity index (χ0n) is 19.2. The fourth-order valence-electron chi connectivity index (χ4n) is 4.07. The van der Waals surface area contributed by atoms with Gasteiger partial charge in [0.15, 0.2) is 5.82 Å². The van der Waals surface area contributed by atoms with E-state index in [9.17, 15) is 18.0 Å². The van der Waals surface area contributed by atoms with E-state index in [1.165, 1.54) is 12.4 Å². The Labute approximate surface area is 203 Å². The number of carbonyl (C=O) groups is 1. The van der Waals surface area contributed by atoms with Crippen LogP contribution < -0.4 is 10.1 Å². The van der Waals surface area contributed by atoms with E-state index < -0.39 is 18.0 Å². The maximum atomic E-state index is 13.0. The second kappa shape index (κ2) is 9.53. The van der Waals surface area contributed by atoms with Crippen molar-refractivity contribution in [1.82, 2.24) is 34.8 Å². The van der Waals surface area contributed by atoms with Crippen LogP contribution in [0.2, 0.25) is 0 Å². The molecule has 4 aromatic rings. The number of alkyl halides is 3. The number of nitrogens with one attached hydrogen (secondary N) is 1. The van der Waals surface area contributed by atoms with Gasteiger partial charge in [0.1, 0.15) is 0 Å². The van der Waals surface area contributed by atoms with Gasteiger partial charge in [0.25, 0.3) is 0 Å². The number of hydrogen-bond donors (Lipinski definition) is 1. The van der Waals surface area contributed by atoms with E-state index in [-0.39, 0.29) is 17.4 Å². The molecule has 12 heteroatoms. The minimum absolute atomic E-state index is 0.110. The second-order valence-corrected chi connectivity index (χ2v) is 8.49.